The fourth-order valence-electron chi connectivity index (χ4n) is 5.50. The van der Waals surface area contributed by atoms with Crippen LogP contribution in [-0.2, 0) is 24.0 Å². The van der Waals surface area contributed by atoms with Crippen LogP contribution in [0.3, 0.4) is 0 Å². The molecule has 0 unspecified atom stereocenters. The molecule has 0 bridgehead atoms. The van der Waals surface area contributed by atoms with Gasteiger partial charge in [0, 0.05) is 97.5 Å². The number of nitrogens with zero attached hydrogens (tertiary/aromatic N) is 2. The predicted molar refractivity (Wildman–Crippen MR) is 449 cm³/mol. The highest BCUT2D eigenvalue weighted by Gasteiger charge is 2.15. The van der Waals surface area contributed by atoms with E-state index in [4.69, 9.17) is 62.2 Å². The number of carbonyl (C=O) groups excluding carboxylic acids is 5. The average Bonchev–Trinajstić information content (AvgIpc) is 3.41. The van der Waals surface area contributed by atoms with Crippen LogP contribution in [-0.4, -0.2) is 196 Å². The van der Waals surface area contributed by atoms with Crippen molar-refractivity contribution < 1.29 is 50.8 Å². The number of quaternary nitrogens is 2. The van der Waals surface area contributed by atoms with Crippen LogP contribution in [0.4, 0.5) is 0 Å². The third-order valence-corrected chi connectivity index (χ3v) is 24.5. The number of hydrogen-bond acceptors (Lipinski definition) is 14. The summed E-state index contributed by atoms with van der Waals surface area (Å²) in [6.45, 7) is 82.1. The van der Waals surface area contributed by atoms with Crippen molar-refractivity contribution in [2.24, 2.45) is 32.9 Å². The Morgan fingerprint density at radius 2 is 0.391 bits per heavy atom. The first-order valence-electron chi connectivity index (χ1n) is 34.9. The molecule has 0 aliphatic heterocycles. The summed E-state index contributed by atoms with van der Waals surface area (Å²) >= 11 is 0. The number of aliphatic hydroxyl groups excluding tert-OH is 3. The second-order valence-corrected chi connectivity index (χ2v) is 75.6. The Labute approximate surface area is 586 Å². The molecule has 0 radical (unpaired) electrons. The van der Waals surface area contributed by atoms with Gasteiger partial charge in [-0.25, -0.2) is 0 Å². The molecule has 0 saturated carbocycles. The maximum absolute atomic E-state index is 8.81. The maximum Gasteiger partial charge on any atom is 0.116 e. The van der Waals surface area contributed by atoms with Crippen LogP contribution in [0.25, 0.3) is 0 Å². The van der Waals surface area contributed by atoms with Gasteiger partial charge in [0.1, 0.15) is 31.4 Å². The summed E-state index contributed by atoms with van der Waals surface area (Å²) in [5.74, 6) is 0. The van der Waals surface area contributed by atoms with Gasteiger partial charge in [-0.05, 0) is 159 Å². The van der Waals surface area contributed by atoms with E-state index in [1.807, 2.05) is 26.3 Å². The number of aliphatic imine (C=N–C) groups is 2. The van der Waals surface area contributed by atoms with Crippen molar-refractivity contribution in [3.8, 4) is 0 Å². The zero-order valence-corrected chi connectivity index (χ0v) is 77.1. The lowest BCUT2D eigenvalue weighted by molar-refractivity contribution is -0.367. The van der Waals surface area contributed by atoms with Crippen molar-refractivity contribution in [3.63, 3.8) is 0 Å². The molecular formula is C68H180N8O8Si8+2. The highest BCUT2D eigenvalue weighted by Crippen LogP contribution is 2.14. The number of rotatable bonds is 26. The smallest absolute Gasteiger partial charge is 0.116 e. The molecule has 0 amide bonds. The first-order chi connectivity index (χ1) is 41.8. The molecule has 0 heterocycles. The van der Waals surface area contributed by atoms with Gasteiger partial charge in [0.15, 0.2) is 0 Å². The van der Waals surface area contributed by atoms with Gasteiger partial charge >= 0.3 is 0 Å². The molecule has 0 atom stereocenters. The Balaban J connectivity index is -0.0000000488. The molecule has 0 aromatic heterocycles. The lowest BCUT2D eigenvalue weighted by Crippen LogP contribution is -2.50. The number of hydrogen-bond donors (Lipinski definition) is 9. The third kappa shape index (κ3) is 372. The van der Waals surface area contributed by atoms with E-state index >= 15 is 0 Å². The van der Waals surface area contributed by atoms with Crippen molar-refractivity contribution in [1.29, 1.82) is 0 Å². The maximum atomic E-state index is 8.81. The number of nitrogens with two attached hydrogens (primary N) is 4. The molecule has 17 N–H and O–H groups in total. The van der Waals surface area contributed by atoms with Crippen molar-refractivity contribution in [2.45, 2.75) is 326 Å². The molecule has 0 saturated heterocycles. The predicted octanol–water partition coefficient (Wildman–Crippen LogP) is 15.2. The Bertz CT molecular complexity index is 1140. The Morgan fingerprint density at radius 1 is 0.283 bits per heavy atom. The molecular weight excluding hydrogens is 1280 g/mol. The first-order valence-corrected chi connectivity index (χ1v) is 64.6. The molecule has 0 aromatic rings. The van der Waals surface area contributed by atoms with Crippen LogP contribution in [0, 0.1) is 0 Å². The number of carbonyl (C=O) groups is 5. The van der Waals surface area contributed by atoms with Gasteiger partial charge < -0.3 is 73.7 Å². The van der Waals surface area contributed by atoms with E-state index in [9.17, 15) is 0 Å². The van der Waals surface area contributed by atoms with E-state index in [1.54, 1.807) is 20.8 Å². The monoisotopic (exact) mass is 1460 g/mol. The van der Waals surface area contributed by atoms with Gasteiger partial charge in [-0.2, -0.15) is 0 Å². The lowest BCUT2D eigenvalue weighted by Gasteiger charge is -2.13. The highest BCUT2D eigenvalue weighted by atomic mass is 28.3. The van der Waals surface area contributed by atoms with Crippen LogP contribution >= 0.6 is 0 Å². The summed E-state index contributed by atoms with van der Waals surface area (Å²) < 4.78 is 0. The van der Waals surface area contributed by atoms with E-state index in [-0.39, 0.29) is 19.8 Å². The second kappa shape index (κ2) is 104. The summed E-state index contributed by atoms with van der Waals surface area (Å²) in [5, 5.41) is 22.7. The van der Waals surface area contributed by atoms with Crippen LogP contribution in [0.5, 0.6) is 0 Å². The molecule has 0 aliphatic rings. The van der Waals surface area contributed by atoms with Gasteiger partial charge in [-0.1, -0.05) is 205 Å². The van der Waals surface area contributed by atoms with Crippen LogP contribution in [0.2, 0.25) is 205 Å². The van der Waals surface area contributed by atoms with Crippen molar-refractivity contribution in [2.75, 3.05) is 72.2 Å². The molecule has 0 aromatic carbocycles. The normalized spacial score (nSPS) is 10.3. The van der Waals surface area contributed by atoms with Gasteiger partial charge in [0.25, 0.3) is 0 Å². The van der Waals surface area contributed by atoms with Crippen LogP contribution in [0.1, 0.15) is 121 Å². The van der Waals surface area contributed by atoms with E-state index in [0.717, 1.165) is 83.8 Å². The van der Waals surface area contributed by atoms with Gasteiger partial charge in [-0.15, -0.1) is 0 Å². The molecule has 0 fully saturated rings. The Hall–Kier alpha value is -0.935. The van der Waals surface area contributed by atoms with Crippen molar-refractivity contribution in [3.05, 3.63) is 0 Å². The summed E-state index contributed by atoms with van der Waals surface area (Å²) in [7, 11) is -6.03. The van der Waals surface area contributed by atoms with Gasteiger partial charge in [0.05, 0.1) is 13.1 Å². The third-order valence-electron chi connectivity index (χ3n) is 9.67. The van der Waals surface area contributed by atoms with Gasteiger partial charge in [0.2, 0.25) is 0 Å². The van der Waals surface area contributed by atoms with Crippen LogP contribution in [0.15, 0.2) is 9.98 Å². The average molecular weight is 1460 g/mol. The van der Waals surface area contributed by atoms with E-state index in [2.05, 4.69) is 179 Å². The lowest BCUT2D eigenvalue weighted by atomic mass is 10.5. The molecule has 92 heavy (non-hydrogen) atoms. The molecule has 0 spiro atoms. The fourth-order valence-corrected chi connectivity index (χ4v) is 15.6. The minimum Gasteiger partial charge on any atom is -0.397 e. The molecule has 0 rings (SSSR count). The number of aldehydes is 5. The number of aliphatic hydroxyl groups is 3. The summed E-state index contributed by atoms with van der Waals surface area (Å²) in [5.41, 5.74) is 29.1. The topological polar surface area (TPSA) is 330 Å². The first kappa shape index (κ1) is 131. The Kier molecular flexibility index (Phi) is 148. The second-order valence-electron chi connectivity index (χ2n) is 30.6. The van der Waals surface area contributed by atoms with E-state index in [1.165, 1.54) is 134 Å². The standard InChI is InChI=1S/2C8H19NSi.6C6H17NSi.3C2H6O.5C2H4O/c2*1-5-9-7-6-8-10(2,3)4;6*1-8(2,3)6-4-5-7;8*1-2-3/h2*5H,6-8H2,1-4H3;6*4-7H2,1-3H3;3*3H,2H2,1H3;5*2H,1H3/p+2. The zero-order valence-electron chi connectivity index (χ0n) is 69.1. The Morgan fingerprint density at radius 3 is 0.457 bits per heavy atom. The van der Waals surface area contributed by atoms with Gasteiger partial charge in [-0.3, -0.25) is 9.98 Å². The largest absolute Gasteiger partial charge is 0.397 e. The molecule has 24 heteroatoms. The SMILES string of the molecule is CC=NCCC[Si](C)(C)C.CC=NCCC[Si](C)(C)C.CC=O.CC=O.CC=O.CC=O.CC=O.CCO.CCO.CCO.C[Si](C)(C)CCCN.C[Si](C)(C)CCCN.C[Si](C)(C)CCCN.C[Si](C)(C)CCCN.C[Si](C)(C)CCC[NH3+].C[Si](C)(C)CCC[NH3+]. The minimum absolute atomic E-state index is 0.250. The molecule has 0 aliphatic carbocycles. The van der Waals surface area contributed by atoms with Crippen LogP contribution < -0.4 is 34.4 Å². The summed E-state index contributed by atoms with van der Waals surface area (Å²) in [6, 6.07) is 11.2. The summed E-state index contributed by atoms with van der Waals surface area (Å²) in [4.78, 5) is 52.4. The zero-order chi connectivity index (χ0) is 77.5. The van der Waals surface area contributed by atoms with Crippen molar-refractivity contribution in [1.82, 2.24) is 0 Å². The minimum atomic E-state index is -0.781. The van der Waals surface area contributed by atoms with E-state index in [0.29, 0.717) is 0 Å². The molecule has 570 valence electrons. The quantitative estimate of drug-likeness (QED) is 0.0169. The summed E-state index contributed by atoms with van der Waals surface area (Å²) in [6.07, 6.45) is 17.6. The highest BCUT2D eigenvalue weighted by molar-refractivity contribution is 6.78. The van der Waals surface area contributed by atoms with E-state index < -0.39 is 64.6 Å². The molecule has 16 nitrogen and oxygen atoms in total. The fraction of sp³-hybridized carbons (Fsp3) is 0.897. The van der Waals surface area contributed by atoms with Crippen molar-refractivity contribution >= 4 is 108 Å².